The Morgan fingerprint density at radius 3 is 2.69 bits per heavy atom. The van der Waals surface area contributed by atoms with Crippen molar-refractivity contribution in [1.29, 1.82) is 0 Å². The molecule has 0 amide bonds. The summed E-state index contributed by atoms with van der Waals surface area (Å²) in [6.07, 6.45) is 5.50. The van der Waals surface area contributed by atoms with Gasteiger partial charge in [-0.25, -0.2) is 4.98 Å². The first kappa shape index (κ1) is 9.15. The molecule has 0 bridgehead atoms. The average Bonchev–Trinajstić information content (AvgIpc) is 3.03. The molecule has 2 aromatic rings. The van der Waals surface area contributed by atoms with Gasteiger partial charge in [0, 0.05) is 30.2 Å². The van der Waals surface area contributed by atoms with Gasteiger partial charge in [0.2, 0.25) is 0 Å². The van der Waals surface area contributed by atoms with Crippen molar-refractivity contribution >= 4 is 5.84 Å². The standard InChI is InChI=1S/C12H12N4/c1-3-11(16-8-7-13-9-16)4-2-10(1)12-14-5-6-15-12/h1-4,7-9H,5-6H2,(H,14,15). The zero-order valence-corrected chi connectivity index (χ0v) is 8.80. The molecule has 0 saturated heterocycles. The summed E-state index contributed by atoms with van der Waals surface area (Å²) in [7, 11) is 0. The zero-order chi connectivity index (χ0) is 10.8. The molecule has 0 aliphatic carbocycles. The van der Waals surface area contributed by atoms with E-state index in [1.54, 1.807) is 12.5 Å². The zero-order valence-electron chi connectivity index (χ0n) is 8.80. The number of benzene rings is 1. The summed E-state index contributed by atoms with van der Waals surface area (Å²) in [6, 6.07) is 8.29. The topological polar surface area (TPSA) is 42.2 Å². The van der Waals surface area contributed by atoms with Crippen LogP contribution in [0.3, 0.4) is 0 Å². The summed E-state index contributed by atoms with van der Waals surface area (Å²) in [6.45, 7) is 1.82. The molecule has 0 atom stereocenters. The normalized spacial score (nSPS) is 14.6. The number of aromatic nitrogens is 2. The largest absolute Gasteiger partial charge is 0.368 e. The maximum Gasteiger partial charge on any atom is 0.128 e. The molecule has 1 aromatic heterocycles. The Morgan fingerprint density at radius 1 is 1.19 bits per heavy atom. The Hall–Kier alpha value is -2.10. The molecule has 0 radical (unpaired) electrons. The van der Waals surface area contributed by atoms with Gasteiger partial charge in [-0.15, -0.1) is 0 Å². The SMILES string of the molecule is c1cn(-c2ccc(C3=NCCN3)cc2)cn1. The van der Waals surface area contributed by atoms with Crippen LogP contribution in [-0.4, -0.2) is 28.5 Å². The molecule has 0 unspecified atom stereocenters. The summed E-state index contributed by atoms with van der Waals surface area (Å²) in [4.78, 5) is 8.41. The van der Waals surface area contributed by atoms with E-state index >= 15 is 0 Å². The van der Waals surface area contributed by atoms with Crippen molar-refractivity contribution in [3.63, 3.8) is 0 Å². The van der Waals surface area contributed by atoms with Gasteiger partial charge in [0.1, 0.15) is 5.84 Å². The van der Waals surface area contributed by atoms with Gasteiger partial charge in [-0.3, -0.25) is 4.99 Å². The van der Waals surface area contributed by atoms with Crippen LogP contribution in [0.25, 0.3) is 5.69 Å². The maximum absolute atomic E-state index is 4.38. The van der Waals surface area contributed by atoms with Crippen molar-refractivity contribution in [2.24, 2.45) is 4.99 Å². The van der Waals surface area contributed by atoms with E-state index in [2.05, 4.69) is 39.6 Å². The average molecular weight is 212 g/mol. The van der Waals surface area contributed by atoms with Crippen LogP contribution < -0.4 is 5.32 Å². The highest BCUT2D eigenvalue weighted by Gasteiger charge is 2.07. The van der Waals surface area contributed by atoms with Gasteiger partial charge in [-0.05, 0) is 24.3 Å². The third-order valence-electron chi connectivity index (χ3n) is 2.62. The first-order chi connectivity index (χ1) is 7.93. The second-order valence-corrected chi connectivity index (χ2v) is 3.67. The fourth-order valence-corrected chi connectivity index (χ4v) is 1.79. The van der Waals surface area contributed by atoms with Crippen molar-refractivity contribution in [2.45, 2.75) is 0 Å². The second-order valence-electron chi connectivity index (χ2n) is 3.67. The van der Waals surface area contributed by atoms with E-state index < -0.39 is 0 Å². The third-order valence-corrected chi connectivity index (χ3v) is 2.62. The van der Waals surface area contributed by atoms with Crippen LogP contribution in [0.15, 0.2) is 48.0 Å². The Balaban J connectivity index is 1.90. The number of hydrogen-bond acceptors (Lipinski definition) is 3. The molecule has 4 nitrogen and oxygen atoms in total. The van der Waals surface area contributed by atoms with Crippen molar-refractivity contribution < 1.29 is 0 Å². The van der Waals surface area contributed by atoms with Gasteiger partial charge >= 0.3 is 0 Å². The Kier molecular flexibility index (Phi) is 2.18. The molecule has 1 aliphatic heterocycles. The van der Waals surface area contributed by atoms with Crippen LogP contribution in [0.2, 0.25) is 0 Å². The lowest BCUT2D eigenvalue weighted by Gasteiger charge is -2.05. The monoisotopic (exact) mass is 212 g/mol. The lowest BCUT2D eigenvalue weighted by Crippen LogP contribution is -2.19. The second kappa shape index (κ2) is 3.81. The van der Waals surface area contributed by atoms with Gasteiger partial charge in [0.25, 0.3) is 0 Å². The molecular formula is C12H12N4. The molecule has 0 spiro atoms. The van der Waals surface area contributed by atoms with E-state index in [0.717, 1.165) is 30.2 Å². The number of aliphatic imine (C=N–C) groups is 1. The number of nitrogens with one attached hydrogen (secondary N) is 1. The van der Waals surface area contributed by atoms with Crippen molar-refractivity contribution in [1.82, 2.24) is 14.9 Å². The van der Waals surface area contributed by atoms with Gasteiger partial charge in [-0.1, -0.05) is 0 Å². The summed E-state index contributed by atoms with van der Waals surface area (Å²) in [5.41, 5.74) is 2.25. The molecule has 4 heteroatoms. The number of rotatable bonds is 2. The fourth-order valence-electron chi connectivity index (χ4n) is 1.79. The smallest absolute Gasteiger partial charge is 0.128 e. The van der Waals surface area contributed by atoms with Crippen molar-refractivity contribution in [3.05, 3.63) is 48.5 Å². The summed E-state index contributed by atoms with van der Waals surface area (Å²) < 4.78 is 1.98. The van der Waals surface area contributed by atoms with Crippen LogP contribution in [0.5, 0.6) is 0 Å². The van der Waals surface area contributed by atoms with E-state index in [-0.39, 0.29) is 0 Å². The molecular weight excluding hydrogens is 200 g/mol. The molecule has 80 valence electrons. The molecule has 1 aliphatic rings. The number of hydrogen-bond donors (Lipinski definition) is 1. The molecule has 1 aromatic carbocycles. The highest BCUT2D eigenvalue weighted by Crippen LogP contribution is 2.10. The van der Waals surface area contributed by atoms with Crippen LogP contribution in [-0.2, 0) is 0 Å². The van der Waals surface area contributed by atoms with E-state index in [4.69, 9.17) is 0 Å². The van der Waals surface area contributed by atoms with Crippen LogP contribution in [0.1, 0.15) is 5.56 Å². The highest BCUT2D eigenvalue weighted by molar-refractivity contribution is 5.99. The van der Waals surface area contributed by atoms with Crippen LogP contribution >= 0.6 is 0 Å². The Morgan fingerprint density at radius 2 is 2.06 bits per heavy atom. The molecule has 3 rings (SSSR count). The minimum Gasteiger partial charge on any atom is -0.368 e. The number of imidazole rings is 1. The molecule has 1 N–H and O–H groups in total. The van der Waals surface area contributed by atoms with Crippen molar-refractivity contribution in [2.75, 3.05) is 13.1 Å². The predicted molar refractivity (Wildman–Crippen MR) is 63.0 cm³/mol. The summed E-state index contributed by atoms with van der Waals surface area (Å²) >= 11 is 0. The maximum atomic E-state index is 4.38. The lowest BCUT2D eigenvalue weighted by atomic mass is 10.2. The van der Waals surface area contributed by atoms with E-state index in [1.165, 1.54) is 0 Å². The number of amidine groups is 1. The predicted octanol–water partition coefficient (Wildman–Crippen LogP) is 1.22. The first-order valence-electron chi connectivity index (χ1n) is 5.30. The van der Waals surface area contributed by atoms with Crippen molar-refractivity contribution in [3.8, 4) is 5.69 Å². The summed E-state index contributed by atoms with van der Waals surface area (Å²) in [5, 5.41) is 3.26. The first-order valence-corrected chi connectivity index (χ1v) is 5.30. The van der Waals surface area contributed by atoms with E-state index in [0.29, 0.717) is 0 Å². The Bertz CT molecular complexity index is 496. The lowest BCUT2D eigenvalue weighted by molar-refractivity contribution is 0.960. The summed E-state index contributed by atoms with van der Waals surface area (Å²) in [5.74, 6) is 0.997. The van der Waals surface area contributed by atoms with Gasteiger partial charge in [-0.2, -0.15) is 0 Å². The highest BCUT2D eigenvalue weighted by atomic mass is 15.1. The molecule has 0 saturated carbocycles. The minimum absolute atomic E-state index is 0.874. The fraction of sp³-hybridized carbons (Fsp3) is 0.167. The van der Waals surface area contributed by atoms with E-state index in [1.807, 2.05) is 10.8 Å². The van der Waals surface area contributed by atoms with Crippen LogP contribution in [0.4, 0.5) is 0 Å². The quantitative estimate of drug-likeness (QED) is 0.813. The minimum atomic E-state index is 0.874. The molecule has 2 heterocycles. The van der Waals surface area contributed by atoms with Crippen LogP contribution in [0, 0.1) is 0 Å². The van der Waals surface area contributed by atoms with Gasteiger partial charge < -0.3 is 9.88 Å². The van der Waals surface area contributed by atoms with Gasteiger partial charge in [0.15, 0.2) is 0 Å². The third kappa shape index (κ3) is 1.58. The Labute approximate surface area is 93.7 Å². The molecule has 16 heavy (non-hydrogen) atoms. The number of nitrogens with zero attached hydrogens (tertiary/aromatic N) is 3. The van der Waals surface area contributed by atoms with Gasteiger partial charge in [0.05, 0.1) is 12.9 Å². The van der Waals surface area contributed by atoms with E-state index in [9.17, 15) is 0 Å². The molecule has 0 fully saturated rings.